The number of rotatable bonds is 8. The lowest BCUT2D eigenvalue weighted by Gasteiger charge is -2.32. The summed E-state index contributed by atoms with van der Waals surface area (Å²) in [4.78, 5) is 31.7. The Bertz CT molecular complexity index is 1120. The summed E-state index contributed by atoms with van der Waals surface area (Å²) in [7, 11) is 0. The van der Waals surface area contributed by atoms with E-state index < -0.39 is 6.29 Å². The minimum absolute atomic E-state index is 0.219. The van der Waals surface area contributed by atoms with Gasteiger partial charge in [-0.25, -0.2) is 24.7 Å². The zero-order valence-corrected chi connectivity index (χ0v) is 19.6. The van der Waals surface area contributed by atoms with E-state index in [0.717, 1.165) is 68.2 Å². The van der Waals surface area contributed by atoms with Gasteiger partial charge in [-0.2, -0.15) is 0 Å². The molecule has 1 amide bonds. The van der Waals surface area contributed by atoms with Crippen molar-refractivity contribution >= 4 is 22.8 Å². The SMILES string of the molecule is O=C(NOC1CCCCO1)c1cnc(N2CCC(CNCc3c[nH]c4ccc(F)cc34)CC2)nc1. The molecule has 0 saturated carbocycles. The molecule has 2 aliphatic rings. The zero-order valence-electron chi connectivity index (χ0n) is 19.6. The van der Waals surface area contributed by atoms with Crippen molar-refractivity contribution in [2.24, 2.45) is 5.92 Å². The van der Waals surface area contributed by atoms with Gasteiger partial charge < -0.3 is 19.9 Å². The number of amides is 1. The number of H-pyrrole nitrogens is 1. The van der Waals surface area contributed by atoms with Crippen molar-refractivity contribution in [3.8, 4) is 0 Å². The van der Waals surface area contributed by atoms with E-state index in [0.29, 0.717) is 30.6 Å². The van der Waals surface area contributed by atoms with Gasteiger partial charge in [0.15, 0.2) is 6.29 Å². The maximum absolute atomic E-state index is 13.6. The predicted octanol–water partition coefficient (Wildman–Crippen LogP) is 3.29. The molecule has 186 valence electrons. The number of anilines is 1. The van der Waals surface area contributed by atoms with Crippen molar-refractivity contribution < 1.29 is 18.8 Å². The Balaban J connectivity index is 1.05. The summed E-state index contributed by atoms with van der Waals surface area (Å²) in [6.45, 7) is 3.97. The molecule has 10 heteroatoms. The quantitative estimate of drug-likeness (QED) is 0.423. The third kappa shape index (κ3) is 5.95. The number of aromatic amines is 1. The number of hydrogen-bond acceptors (Lipinski definition) is 7. The first-order chi connectivity index (χ1) is 17.2. The molecule has 4 heterocycles. The minimum Gasteiger partial charge on any atom is -0.361 e. The average Bonchev–Trinajstić information content (AvgIpc) is 3.30. The Hall–Kier alpha value is -3.08. The Morgan fingerprint density at radius 3 is 2.80 bits per heavy atom. The summed E-state index contributed by atoms with van der Waals surface area (Å²) in [5.74, 6) is 0.583. The highest BCUT2D eigenvalue weighted by molar-refractivity contribution is 5.92. The number of halogens is 1. The Morgan fingerprint density at radius 1 is 1.20 bits per heavy atom. The molecule has 1 atom stereocenters. The number of fused-ring (bicyclic) bond motifs is 1. The largest absolute Gasteiger partial charge is 0.361 e. The van der Waals surface area contributed by atoms with Crippen molar-refractivity contribution in [3.63, 3.8) is 0 Å². The lowest BCUT2D eigenvalue weighted by molar-refractivity contribution is -0.186. The molecule has 2 saturated heterocycles. The molecule has 0 aliphatic carbocycles. The van der Waals surface area contributed by atoms with Crippen LogP contribution in [0.1, 0.15) is 48.0 Å². The fourth-order valence-electron chi connectivity index (χ4n) is 4.63. The molecular weight excluding hydrogens is 451 g/mol. The Morgan fingerprint density at radius 2 is 2.03 bits per heavy atom. The number of nitrogens with zero attached hydrogens (tertiary/aromatic N) is 3. The van der Waals surface area contributed by atoms with E-state index in [-0.39, 0.29) is 11.7 Å². The van der Waals surface area contributed by atoms with E-state index in [1.807, 2.05) is 6.20 Å². The van der Waals surface area contributed by atoms with Gasteiger partial charge in [-0.05, 0) is 61.9 Å². The molecular formula is C25H31FN6O3. The summed E-state index contributed by atoms with van der Waals surface area (Å²) in [5.41, 5.74) is 4.80. The molecule has 5 rings (SSSR count). The maximum Gasteiger partial charge on any atom is 0.278 e. The summed E-state index contributed by atoms with van der Waals surface area (Å²) < 4.78 is 19.0. The van der Waals surface area contributed by atoms with Crippen molar-refractivity contribution in [3.05, 3.63) is 53.7 Å². The van der Waals surface area contributed by atoms with Crippen LogP contribution >= 0.6 is 0 Å². The number of carbonyl (C=O) groups excluding carboxylic acids is 1. The molecule has 2 aromatic heterocycles. The smallest absolute Gasteiger partial charge is 0.278 e. The molecule has 2 fully saturated rings. The number of hydrogen-bond donors (Lipinski definition) is 3. The molecule has 0 radical (unpaired) electrons. The van der Waals surface area contributed by atoms with E-state index in [4.69, 9.17) is 9.57 Å². The van der Waals surface area contributed by atoms with Crippen LogP contribution < -0.4 is 15.7 Å². The predicted molar refractivity (Wildman–Crippen MR) is 129 cm³/mol. The van der Waals surface area contributed by atoms with E-state index in [1.54, 1.807) is 12.1 Å². The molecule has 1 aromatic carbocycles. The summed E-state index contributed by atoms with van der Waals surface area (Å²) in [6.07, 6.45) is 9.46. The fourth-order valence-corrected chi connectivity index (χ4v) is 4.63. The van der Waals surface area contributed by atoms with Crippen LogP contribution in [0.4, 0.5) is 10.3 Å². The lowest BCUT2D eigenvalue weighted by Crippen LogP contribution is -2.38. The number of hydroxylamine groups is 1. The molecule has 9 nitrogen and oxygen atoms in total. The van der Waals surface area contributed by atoms with Gasteiger partial charge in [0.25, 0.3) is 5.91 Å². The highest BCUT2D eigenvalue weighted by atomic mass is 19.1. The highest BCUT2D eigenvalue weighted by Crippen LogP contribution is 2.22. The summed E-state index contributed by atoms with van der Waals surface area (Å²) in [6, 6.07) is 4.82. The highest BCUT2D eigenvalue weighted by Gasteiger charge is 2.22. The normalized spacial score (nSPS) is 19.2. The minimum atomic E-state index is -0.394. The van der Waals surface area contributed by atoms with Crippen LogP contribution in [0.3, 0.4) is 0 Å². The first kappa shape index (κ1) is 23.7. The van der Waals surface area contributed by atoms with E-state index in [1.165, 1.54) is 18.5 Å². The number of nitrogens with one attached hydrogen (secondary N) is 3. The molecule has 35 heavy (non-hydrogen) atoms. The summed E-state index contributed by atoms with van der Waals surface area (Å²) in [5, 5.41) is 4.45. The number of ether oxygens (including phenoxy) is 1. The van der Waals surface area contributed by atoms with Crippen molar-refractivity contribution in [1.29, 1.82) is 0 Å². The topological polar surface area (TPSA) is 104 Å². The van der Waals surface area contributed by atoms with Crippen molar-refractivity contribution in [2.45, 2.75) is 44.9 Å². The zero-order chi connectivity index (χ0) is 24.0. The van der Waals surface area contributed by atoms with Gasteiger partial charge in [-0.1, -0.05) is 0 Å². The van der Waals surface area contributed by atoms with Gasteiger partial charge in [-0.3, -0.25) is 4.79 Å². The monoisotopic (exact) mass is 482 g/mol. The molecule has 0 bridgehead atoms. The van der Waals surface area contributed by atoms with Crippen LogP contribution in [-0.2, 0) is 16.1 Å². The van der Waals surface area contributed by atoms with Crippen LogP contribution in [0, 0.1) is 11.7 Å². The van der Waals surface area contributed by atoms with Crippen LogP contribution in [-0.4, -0.2) is 53.4 Å². The Labute approximate surface area is 203 Å². The molecule has 3 aromatic rings. The van der Waals surface area contributed by atoms with Gasteiger partial charge >= 0.3 is 0 Å². The van der Waals surface area contributed by atoms with Gasteiger partial charge in [0, 0.05) is 62.2 Å². The van der Waals surface area contributed by atoms with Gasteiger partial charge in [0.2, 0.25) is 5.95 Å². The number of benzene rings is 1. The molecule has 3 N–H and O–H groups in total. The Kier molecular flexibility index (Phi) is 7.51. The van der Waals surface area contributed by atoms with Crippen LogP contribution in [0.25, 0.3) is 10.9 Å². The van der Waals surface area contributed by atoms with E-state index >= 15 is 0 Å². The van der Waals surface area contributed by atoms with Crippen molar-refractivity contribution in [2.75, 3.05) is 31.1 Å². The average molecular weight is 483 g/mol. The lowest BCUT2D eigenvalue weighted by atomic mass is 9.97. The third-order valence-corrected chi connectivity index (χ3v) is 6.70. The second-order valence-corrected chi connectivity index (χ2v) is 9.18. The van der Waals surface area contributed by atoms with Gasteiger partial charge in [-0.15, -0.1) is 0 Å². The molecule has 2 aliphatic heterocycles. The van der Waals surface area contributed by atoms with Gasteiger partial charge in [0.1, 0.15) is 5.82 Å². The van der Waals surface area contributed by atoms with Crippen LogP contribution in [0.5, 0.6) is 0 Å². The number of carbonyl (C=O) groups is 1. The second-order valence-electron chi connectivity index (χ2n) is 9.18. The van der Waals surface area contributed by atoms with E-state index in [9.17, 15) is 9.18 Å². The standard InChI is InChI=1S/C25H31FN6O3/c26-20-4-5-22-21(11-20)18(14-28-22)13-27-12-17-6-8-32(9-7-17)25-29-15-19(16-30-25)24(33)31-35-23-3-1-2-10-34-23/h4-5,11,14-17,23,27-28H,1-3,6-10,12-13H2,(H,31,33). The number of aromatic nitrogens is 3. The van der Waals surface area contributed by atoms with E-state index in [2.05, 4.69) is 30.6 Å². The molecule has 1 unspecified atom stereocenters. The first-order valence-corrected chi connectivity index (χ1v) is 12.3. The van der Waals surface area contributed by atoms with Gasteiger partial charge in [0.05, 0.1) is 5.56 Å². The molecule has 0 spiro atoms. The fraction of sp³-hybridized carbons (Fsp3) is 0.480. The van der Waals surface area contributed by atoms with Crippen molar-refractivity contribution in [1.82, 2.24) is 25.7 Å². The first-order valence-electron chi connectivity index (χ1n) is 12.3. The van der Waals surface area contributed by atoms with Crippen LogP contribution in [0.15, 0.2) is 36.8 Å². The summed E-state index contributed by atoms with van der Waals surface area (Å²) >= 11 is 0. The second kappa shape index (κ2) is 11.1. The number of piperidine rings is 1. The van der Waals surface area contributed by atoms with Crippen LogP contribution in [0.2, 0.25) is 0 Å². The maximum atomic E-state index is 13.6. The third-order valence-electron chi connectivity index (χ3n) is 6.70.